The molecule has 1 fully saturated rings. The van der Waals surface area contributed by atoms with Crippen LogP contribution in [0.4, 0.5) is 5.69 Å². The minimum Gasteiger partial charge on any atom is -0.258 e. The van der Waals surface area contributed by atoms with E-state index in [4.69, 9.17) is 0 Å². The third-order valence-electron chi connectivity index (χ3n) is 3.75. The van der Waals surface area contributed by atoms with E-state index in [0.717, 1.165) is 10.4 Å². The molecule has 0 N–H and O–H groups in total. The summed E-state index contributed by atoms with van der Waals surface area (Å²) in [6, 6.07) is 7.00. The average Bonchev–Trinajstić information content (AvgIpc) is 2.48. The van der Waals surface area contributed by atoms with Crippen molar-refractivity contribution in [1.82, 2.24) is 4.98 Å². The van der Waals surface area contributed by atoms with Gasteiger partial charge in [-0.05, 0) is 31.0 Å². The summed E-state index contributed by atoms with van der Waals surface area (Å²) in [5.74, 6) is 0. The molecule has 1 aromatic heterocycles. The number of rotatable bonds is 3. The van der Waals surface area contributed by atoms with E-state index in [1.807, 2.05) is 17.8 Å². The number of pyridine rings is 1. The number of hydrogen-bond acceptors (Lipinski definition) is 4. The number of hydrogen-bond donors (Lipinski definition) is 0. The van der Waals surface area contributed by atoms with Gasteiger partial charge in [0.15, 0.2) is 0 Å². The lowest BCUT2D eigenvalue weighted by Gasteiger charge is -2.21. The Labute approximate surface area is 121 Å². The van der Waals surface area contributed by atoms with Crippen LogP contribution < -0.4 is 0 Å². The molecule has 104 valence electrons. The molecule has 5 heteroatoms. The summed E-state index contributed by atoms with van der Waals surface area (Å²) >= 11 is 1.83. The fourth-order valence-corrected chi connectivity index (χ4v) is 4.10. The molecule has 3 rings (SSSR count). The van der Waals surface area contributed by atoms with Crippen molar-refractivity contribution in [2.45, 2.75) is 42.2 Å². The van der Waals surface area contributed by atoms with Crippen LogP contribution in [0, 0.1) is 10.1 Å². The summed E-state index contributed by atoms with van der Waals surface area (Å²) in [5, 5.41) is 12.3. The molecule has 0 bridgehead atoms. The van der Waals surface area contributed by atoms with Gasteiger partial charge in [-0.3, -0.25) is 15.1 Å². The van der Waals surface area contributed by atoms with Gasteiger partial charge in [0.1, 0.15) is 0 Å². The maximum absolute atomic E-state index is 11.1. The maximum atomic E-state index is 11.1. The SMILES string of the molecule is O=[N+]([O-])c1ccc(SC2CCCCC2)c2ncccc12. The average molecular weight is 288 g/mol. The highest BCUT2D eigenvalue weighted by Crippen LogP contribution is 2.38. The van der Waals surface area contributed by atoms with Crippen molar-refractivity contribution >= 4 is 28.4 Å². The lowest BCUT2D eigenvalue weighted by atomic mass is 10.0. The second-order valence-electron chi connectivity index (χ2n) is 5.12. The molecular weight excluding hydrogens is 272 g/mol. The van der Waals surface area contributed by atoms with E-state index in [1.165, 1.54) is 32.1 Å². The van der Waals surface area contributed by atoms with Crippen LogP contribution in [0.25, 0.3) is 10.9 Å². The Bertz CT molecular complexity index is 639. The van der Waals surface area contributed by atoms with Gasteiger partial charge in [-0.1, -0.05) is 19.3 Å². The standard InChI is InChI=1S/C15H16N2O2S/c18-17(19)13-8-9-14(15-12(13)7-4-10-16-15)20-11-5-2-1-3-6-11/h4,7-11H,1-3,5-6H2. The summed E-state index contributed by atoms with van der Waals surface area (Å²) in [5.41, 5.74) is 0.901. The van der Waals surface area contributed by atoms with Gasteiger partial charge in [-0.15, -0.1) is 11.8 Å². The van der Waals surface area contributed by atoms with Crippen molar-refractivity contribution < 1.29 is 4.92 Å². The highest BCUT2D eigenvalue weighted by molar-refractivity contribution is 8.00. The van der Waals surface area contributed by atoms with Crippen LogP contribution in [0.15, 0.2) is 35.4 Å². The molecule has 0 atom stereocenters. The maximum Gasteiger partial charge on any atom is 0.278 e. The zero-order chi connectivity index (χ0) is 13.9. The van der Waals surface area contributed by atoms with Gasteiger partial charge in [0.2, 0.25) is 0 Å². The fourth-order valence-electron chi connectivity index (χ4n) is 2.75. The molecule has 4 nitrogen and oxygen atoms in total. The zero-order valence-corrected chi connectivity index (χ0v) is 11.9. The predicted octanol–water partition coefficient (Wildman–Crippen LogP) is 4.57. The highest BCUT2D eigenvalue weighted by Gasteiger charge is 2.19. The number of nitro benzene ring substituents is 1. The van der Waals surface area contributed by atoms with Gasteiger partial charge in [0.05, 0.1) is 15.8 Å². The Morgan fingerprint density at radius 3 is 2.75 bits per heavy atom. The first-order chi connectivity index (χ1) is 9.75. The van der Waals surface area contributed by atoms with Gasteiger partial charge in [0.25, 0.3) is 5.69 Å². The van der Waals surface area contributed by atoms with Gasteiger partial charge in [-0.25, -0.2) is 0 Å². The zero-order valence-electron chi connectivity index (χ0n) is 11.1. The molecule has 1 aromatic carbocycles. The third kappa shape index (κ3) is 2.63. The first-order valence-electron chi connectivity index (χ1n) is 6.94. The Hall–Kier alpha value is -1.62. The van der Waals surface area contributed by atoms with Crippen LogP contribution in [0.2, 0.25) is 0 Å². The summed E-state index contributed by atoms with van der Waals surface area (Å²) in [6.45, 7) is 0. The van der Waals surface area contributed by atoms with Crippen molar-refractivity contribution in [1.29, 1.82) is 0 Å². The molecule has 20 heavy (non-hydrogen) atoms. The van der Waals surface area contributed by atoms with Gasteiger partial charge in [0, 0.05) is 22.4 Å². The lowest BCUT2D eigenvalue weighted by Crippen LogP contribution is -2.07. The van der Waals surface area contributed by atoms with Crippen molar-refractivity contribution in [3.8, 4) is 0 Å². The van der Waals surface area contributed by atoms with E-state index in [-0.39, 0.29) is 10.6 Å². The molecule has 1 aliphatic rings. The first-order valence-corrected chi connectivity index (χ1v) is 7.82. The number of thioether (sulfide) groups is 1. The Morgan fingerprint density at radius 2 is 2.00 bits per heavy atom. The Kier molecular flexibility index (Phi) is 3.87. The minimum absolute atomic E-state index is 0.140. The Balaban J connectivity index is 1.99. The predicted molar refractivity (Wildman–Crippen MR) is 81.1 cm³/mol. The smallest absolute Gasteiger partial charge is 0.258 e. The van der Waals surface area contributed by atoms with Gasteiger partial charge < -0.3 is 0 Å². The molecular formula is C15H16N2O2S. The summed E-state index contributed by atoms with van der Waals surface area (Å²) < 4.78 is 0. The number of aromatic nitrogens is 1. The van der Waals surface area contributed by atoms with E-state index in [0.29, 0.717) is 10.6 Å². The lowest BCUT2D eigenvalue weighted by molar-refractivity contribution is -0.383. The summed E-state index contributed by atoms with van der Waals surface area (Å²) in [4.78, 5) is 16.2. The van der Waals surface area contributed by atoms with Crippen LogP contribution in [0.1, 0.15) is 32.1 Å². The van der Waals surface area contributed by atoms with E-state index < -0.39 is 0 Å². The molecule has 0 spiro atoms. The fraction of sp³-hybridized carbons (Fsp3) is 0.400. The number of nitro groups is 1. The number of nitrogens with zero attached hydrogens (tertiary/aromatic N) is 2. The molecule has 1 aliphatic carbocycles. The first kappa shape index (κ1) is 13.4. The molecule has 2 aromatic rings. The largest absolute Gasteiger partial charge is 0.278 e. The molecule has 1 heterocycles. The highest BCUT2D eigenvalue weighted by atomic mass is 32.2. The third-order valence-corrected chi connectivity index (χ3v) is 5.14. The molecule has 0 radical (unpaired) electrons. The van der Waals surface area contributed by atoms with E-state index in [2.05, 4.69) is 4.98 Å². The molecule has 0 unspecified atom stereocenters. The van der Waals surface area contributed by atoms with E-state index >= 15 is 0 Å². The van der Waals surface area contributed by atoms with E-state index in [9.17, 15) is 10.1 Å². The van der Waals surface area contributed by atoms with Crippen LogP contribution >= 0.6 is 11.8 Å². The molecule has 1 saturated carbocycles. The molecule has 0 amide bonds. The van der Waals surface area contributed by atoms with E-state index in [1.54, 1.807) is 24.4 Å². The van der Waals surface area contributed by atoms with Crippen LogP contribution in [-0.4, -0.2) is 15.2 Å². The van der Waals surface area contributed by atoms with Crippen LogP contribution in [-0.2, 0) is 0 Å². The summed E-state index contributed by atoms with van der Waals surface area (Å²) in [7, 11) is 0. The second kappa shape index (κ2) is 5.79. The monoisotopic (exact) mass is 288 g/mol. The number of benzene rings is 1. The van der Waals surface area contributed by atoms with Crippen molar-refractivity contribution in [2.75, 3.05) is 0 Å². The van der Waals surface area contributed by atoms with Crippen LogP contribution in [0.5, 0.6) is 0 Å². The second-order valence-corrected chi connectivity index (χ2v) is 6.46. The van der Waals surface area contributed by atoms with Crippen LogP contribution in [0.3, 0.4) is 0 Å². The molecule has 0 aliphatic heterocycles. The van der Waals surface area contributed by atoms with Gasteiger partial charge >= 0.3 is 0 Å². The number of non-ortho nitro benzene ring substituents is 1. The minimum atomic E-state index is -0.334. The topological polar surface area (TPSA) is 56.0 Å². The number of fused-ring (bicyclic) bond motifs is 1. The summed E-state index contributed by atoms with van der Waals surface area (Å²) in [6.07, 6.45) is 8.07. The van der Waals surface area contributed by atoms with Crippen molar-refractivity contribution in [3.05, 3.63) is 40.6 Å². The van der Waals surface area contributed by atoms with Crippen molar-refractivity contribution in [2.24, 2.45) is 0 Å². The van der Waals surface area contributed by atoms with Crippen molar-refractivity contribution in [3.63, 3.8) is 0 Å². The molecule has 0 saturated heterocycles. The Morgan fingerprint density at radius 1 is 1.20 bits per heavy atom. The normalized spacial score (nSPS) is 16.4. The van der Waals surface area contributed by atoms with Gasteiger partial charge in [-0.2, -0.15) is 0 Å². The quantitative estimate of drug-likeness (QED) is 0.613.